The molecule has 20 heavy (non-hydrogen) atoms. The van der Waals surface area contributed by atoms with Crippen LogP contribution in [-0.2, 0) is 4.74 Å². The van der Waals surface area contributed by atoms with E-state index in [4.69, 9.17) is 10.5 Å². The average Bonchev–Trinajstić information content (AvgIpc) is 2.48. The number of hydrogen-bond acceptors (Lipinski definition) is 7. The van der Waals surface area contributed by atoms with Crippen LogP contribution in [-0.4, -0.2) is 60.8 Å². The average molecular weight is 280 g/mol. The van der Waals surface area contributed by atoms with Crippen LogP contribution >= 0.6 is 0 Å². The number of anilines is 3. The van der Waals surface area contributed by atoms with Crippen LogP contribution in [0.3, 0.4) is 0 Å². The highest BCUT2D eigenvalue weighted by atomic mass is 16.5. The van der Waals surface area contributed by atoms with Gasteiger partial charge in [0.25, 0.3) is 0 Å². The predicted octanol–water partition coefficient (Wildman–Crippen LogP) is 0.625. The summed E-state index contributed by atoms with van der Waals surface area (Å²) in [5.74, 6) is 1.40. The molecule has 0 atom stereocenters. The first-order chi connectivity index (χ1) is 9.81. The maximum Gasteiger partial charge on any atom is 0.154 e. The summed E-state index contributed by atoms with van der Waals surface area (Å²) in [5.41, 5.74) is 6.60. The van der Waals surface area contributed by atoms with E-state index in [0.717, 1.165) is 52.4 Å². The Labute approximate surface area is 119 Å². The van der Waals surface area contributed by atoms with Gasteiger partial charge in [-0.15, -0.1) is 0 Å². The molecule has 112 valence electrons. The van der Waals surface area contributed by atoms with Gasteiger partial charge in [-0.3, -0.25) is 4.90 Å². The number of nitrogens with two attached hydrogens (primary N) is 1. The largest absolute Gasteiger partial charge is 0.393 e. The maximum absolute atomic E-state index is 6.02. The van der Waals surface area contributed by atoms with Crippen molar-refractivity contribution in [3.05, 3.63) is 6.33 Å². The summed E-state index contributed by atoms with van der Waals surface area (Å²) in [7, 11) is 0. The first kappa shape index (κ1) is 14.8. The Morgan fingerprint density at radius 3 is 2.65 bits per heavy atom. The zero-order valence-corrected chi connectivity index (χ0v) is 12.1. The number of nitrogens with zero attached hydrogens (tertiary/aromatic N) is 3. The molecule has 1 aromatic heterocycles. The van der Waals surface area contributed by atoms with E-state index in [2.05, 4.69) is 25.5 Å². The van der Waals surface area contributed by atoms with Gasteiger partial charge in [0, 0.05) is 26.2 Å². The normalized spacial score (nSPS) is 16.1. The standard InChI is InChI=1S/C13H24N6O/c1-2-15-12-11(14)13(18-10-17-12)16-4-3-5-19-6-8-20-9-7-19/h10H,2-9,14H2,1H3,(H2,15,16,17,18). The monoisotopic (exact) mass is 280 g/mol. The van der Waals surface area contributed by atoms with Crippen LogP contribution < -0.4 is 16.4 Å². The third-order valence-electron chi connectivity index (χ3n) is 3.28. The Morgan fingerprint density at radius 2 is 1.95 bits per heavy atom. The van der Waals surface area contributed by atoms with Crippen molar-refractivity contribution in [2.75, 3.05) is 62.3 Å². The SMILES string of the molecule is CCNc1ncnc(NCCCN2CCOCC2)c1N. The van der Waals surface area contributed by atoms with E-state index in [9.17, 15) is 0 Å². The molecule has 1 aliphatic heterocycles. The molecule has 0 unspecified atom stereocenters. The zero-order valence-electron chi connectivity index (χ0n) is 12.1. The van der Waals surface area contributed by atoms with Crippen LogP contribution in [0.25, 0.3) is 0 Å². The minimum Gasteiger partial charge on any atom is -0.393 e. The van der Waals surface area contributed by atoms with Gasteiger partial charge in [-0.1, -0.05) is 0 Å². The summed E-state index contributed by atoms with van der Waals surface area (Å²) < 4.78 is 5.33. The quantitative estimate of drug-likeness (QED) is 0.631. The van der Waals surface area contributed by atoms with Gasteiger partial charge >= 0.3 is 0 Å². The molecule has 0 aliphatic carbocycles. The van der Waals surface area contributed by atoms with Gasteiger partial charge in [0.1, 0.15) is 12.0 Å². The van der Waals surface area contributed by atoms with E-state index in [1.165, 1.54) is 6.33 Å². The number of nitrogens with one attached hydrogen (secondary N) is 2. The van der Waals surface area contributed by atoms with E-state index < -0.39 is 0 Å². The van der Waals surface area contributed by atoms with Gasteiger partial charge in [-0.2, -0.15) is 0 Å². The number of aromatic nitrogens is 2. The second kappa shape index (κ2) is 7.86. The van der Waals surface area contributed by atoms with Crippen molar-refractivity contribution in [2.24, 2.45) is 0 Å². The van der Waals surface area contributed by atoms with Crippen molar-refractivity contribution < 1.29 is 4.74 Å². The Bertz CT molecular complexity index is 408. The third kappa shape index (κ3) is 4.21. The molecule has 0 saturated carbocycles. The molecular weight excluding hydrogens is 256 g/mol. The molecular formula is C13H24N6O. The van der Waals surface area contributed by atoms with Crippen LogP contribution in [0.2, 0.25) is 0 Å². The van der Waals surface area contributed by atoms with Crippen LogP contribution in [0, 0.1) is 0 Å². The molecule has 2 heterocycles. The van der Waals surface area contributed by atoms with Crippen LogP contribution in [0.1, 0.15) is 13.3 Å². The number of nitrogen functional groups attached to an aromatic ring is 1. The summed E-state index contributed by atoms with van der Waals surface area (Å²) in [5, 5.41) is 6.40. The van der Waals surface area contributed by atoms with Gasteiger partial charge in [-0.05, 0) is 19.9 Å². The second-order valence-electron chi connectivity index (χ2n) is 4.75. The Morgan fingerprint density at radius 1 is 1.25 bits per heavy atom. The highest BCUT2D eigenvalue weighted by Gasteiger charge is 2.10. The minimum atomic E-state index is 0.584. The van der Waals surface area contributed by atoms with Crippen molar-refractivity contribution in [3.8, 4) is 0 Å². The number of rotatable bonds is 7. The molecule has 2 rings (SSSR count). The van der Waals surface area contributed by atoms with Crippen molar-refractivity contribution in [2.45, 2.75) is 13.3 Å². The fourth-order valence-electron chi connectivity index (χ4n) is 2.18. The fourth-order valence-corrected chi connectivity index (χ4v) is 2.18. The minimum absolute atomic E-state index is 0.584. The van der Waals surface area contributed by atoms with Crippen molar-refractivity contribution in [1.82, 2.24) is 14.9 Å². The summed E-state index contributed by atoms with van der Waals surface area (Å²) >= 11 is 0. The number of hydrogen-bond donors (Lipinski definition) is 3. The molecule has 1 saturated heterocycles. The highest BCUT2D eigenvalue weighted by Crippen LogP contribution is 2.21. The molecule has 0 spiro atoms. The molecule has 0 aromatic carbocycles. The maximum atomic E-state index is 6.02. The van der Waals surface area contributed by atoms with E-state index >= 15 is 0 Å². The van der Waals surface area contributed by atoms with Crippen molar-refractivity contribution in [1.29, 1.82) is 0 Å². The zero-order chi connectivity index (χ0) is 14.2. The molecule has 1 aliphatic rings. The topological polar surface area (TPSA) is 88.3 Å². The molecule has 0 radical (unpaired) electrons. The molecule has 0 bridgehead atoms. The van der Waals surface area contributed by atoms with Gasteiger partial charge < -0.3 is 21.1 Å². The Balaban J connectivity index is 1.74. The molecule has 1 aromatic rings. The smallest absolute Gasteiger partial charge is 0.154 e. The first-order valence-corrected chi connectivity index (χ1v) is 7.19. The van der Waals surface area contributed by atoms with E-state index in [-0.39, 0.29) is 0 Å². The lowest BCUT2D eigenvalue weighted by atomic mass is 10.3. The molecule has 1 fully saturated rings. The lowest BCUT2D eigenvalue weighted by molar-refractivity contribution is 0.0378. The van der Waals surface area contributed by atoms with Gasteiger partial charge in [0.2, 0.25) is 0 Å². The van der Waals surface area contributed by atoms with E-state index in [1.54, 1.807) is 0 Å². The first-order valence-electron chi connectivity index (χ1n) is 7.19. The van der Waals surface area contributed by atoms with Gasteiger partial charge in [0.15, 0.2) is 11.6 Å². The highest BCUT2D eigenvalue weighted by molar-refractivity contribution is 5.73. The van der Waals surface area contributed by atoms with E-state index in [0.29, 0.717) is 17.3 Å². The van der Waals surface area contributed by atoms with Crippen LogP contribution in [0.4, 0.5) is 17.3 Å². The van der Waals surface area contributed by atoms with Crippen LogP contribution in [0.5, 0.6) is 0 Å². The number of ether oxygens (including phenoxy) is 1. The van der Waals surface area contributed by atoms with Gasteiger partial charge in [-0.25, -0.2) is 9.97 Å². The Kier molecular flexibility index (Phi) is 5.82. The summed E-state index contributed by atoms with van der Waals surface area (Å²) in [6, 6.07) is 0. The number of morpholine rings is 1. The second-order valence-corrected chi connectivity index (χ2v) is 4.75. The molecule has 0 amide bonds. The predicted molar refractivity (Wildman–Crippen MR) is 81.0 cm³/mol. The lowest BCUT2D eigenvalue weighted by Crippen LogP contribution is -2.37. The van der Waals surface area contributed by atoms with Crippen LogP contribution in [0.15, 0.2) is 6.33 Å². The lowest BCUT2D eigenvalue weighted by Gasteiger charge is -2.26. The molecule has 7 heteroatoms. The van der Waals surface area contributed by atoms with Crippen molar-refractivity contribution in [3.63, 3.8) is 0 Å². The van der Waals surface area contributed by atoms with Gasteiger partial charge in [0.05, 0.1) is 13.2 Å². The fraction of sp³-hybridized carbons (Fsp3) is 0.692. The van der Waals surface area contributed by atoms with Crippen molar-refractivity contribution >= 4 is 17.3 Å². The molecule has 4 N–H and O–H groups in total. The summed E-state index contributed by atoms with van der Waals surface area (Å²) in [4.78, 5) is 10.7. The van der Waals surface area contributed by atoms with E-state index in [1.807, 2.05) is 6.92 Å². The summed E-state index contributed by atoms with van der Waals surface area (Å²) in [6.45, 7) is 8.47. The third-order valence-corrected chi connectivity index (χ3v) is 3.28. The molecule has 7 nitrogen and oxygen atoms in total. The Hall–Kier alpha value is -1.60. The summed E-state index contributed by atoms with van der Waals surface area (Å²) in [6.07, 6.45) is 2.58.